The van der Waals surface area contributed by atoms with Crippen LogP contribution in [0.5, 0.6) is 0 Å². The van der Waals surface area contributed by atoms with Gasteiger partial charge in [0, 0.05) is 57.4 Å². The molecule has 0 aliphatic carbocycles. The number of carbonyl (C=O) groups is 2. The molecule has 42 heavy (non-hydrogen) atoms. The van der Waals surface area contributed by atoms with Gasteiger partial charge >= 0.3 is 0 Å². The smallest absolute Gasteiger partial charge is 0.256 e. The average molecular weight is 576 g/mol. The van der Waals surface area contributed by atoms with Crippen molar-refractivity contribution in [1.29, 1.82) is 0 Å². The summed E-state index contributed by atoms with van der Waals surface area (Å²) in [5.41, 5.74) is 4.36. The summed E-state index contributed by atoms with van der Waals surface area (Å²) in [6.45, 7) is 12.8. The van der Waals surface area contributed by atoms with Gasteiger partial charge in [0.05, 0.1) is 23.0 Å². The Morgan fingerprint density at radius 2 is 1.79 bits per heavy atom. The topological polar surface area (TPSA) is 61.7 Å². The van der Waals surface area contributed by atoms with Gasteiger partial charge in [-0.15, -0.1) is 0 Å². The molecule has 4 heterocycles. The third-order valence-corrected chi connectivity index (χ3v) is 9.55. The van der Waals surface area contributed by atoms with Crippen molar-refractivity contribution in [2.75, 3.05) is 39.8 Å². The number of halogens is 1. The Balaban J connectivity index is 1.35. The molecular weight excluding hydrogens is 529 g/mol. The lowest BCUT2D eigenvalue weighted by atomic mass is 9.92. The molecule has 0 bridgehead atoms. The number of amides is 2. The first-order chi connectivity index (χ1) is 20.1. The molecule has 1 aromatic carbocycles. The van der Waals surface area contributed by atoms with Gasteiger partial charge in [-0.25, -0.2) is 4.39 Å². The molecule has 1 unspecified atom stereocenters. The highest BCUT2D eigenvalue weighted by molar-refractivity contribution is 5.99. The van der Waals surface area contributed by atoms with Gasteiger partial charge in [-0.3, -0.25) is 14.6 Å². The number of hydrogen-bond acceptors (Lipinski definition) is 4. The maximum absolute atomic E-state index is 14.4. The number of piperidine rings is 1. The van der Waals surface area contributed by atoms with E-state index >= 15 is 0 Å². The van der Waals surface area contributed by atoms with Crippen LogP contribution in [0.1, 0.15) is 74.4 Å². The number of pyridine rings is 1. The molecule has 0 radical (unpaired) electrons. The van der Waals surface area contributed by atoms with Gasteiger partial charge in [-0.1, -0.05) is 0 Å². The summed E-state index contributed by atoms with van der Waals surface area (Å²) >= 11 is 0. The number of nitrogens with zero attached hydrogens (tertiary/aromatic N) is 5. The van der Waals surface area contributed by atoms with Crippen LogP contribution in [0.3, 0.4) is 0 Å². The van der Waals surface area contributed by atoms with Gasteiger partial charge < -0.3 is 19.3 Å². The maximum Gasteiger partial charge on any atom is 0.256 e. The fourth-order valence-electron chi connectivity index (χ4n) is 6.83. The zero-order valence-electron chi connectivity index (χ0n) is 25.9. The molecule has 5 rings (SSSR count). The second-order valence-electron chi connectivity index (χ2n) is 12.8. The minimum Gasteiger partial charge on any atom is -0.343 e. The Bertz CT molecular complexity index is 1420. The first kappa shape index (κ1) is 30.2. The molecule has 2 fully saturated rings. The molecule has 8 heteroatoms. The van der Waals surface area contributed by atoms with Crippen molar-refractivity contribution in [3.8, 4) is 5.69 Å². The molecular formula is C34H46FN5O2. The van der Waals surface area contributed by atoms with Crippen molar-refractivity contribution < 1.29 is 14.0 Å². The molecule has 0 spiro atoms. The SMILES string of the molecule is CC(=O)N1CCC(CN2CCCC(Cc3cn(-c4ccc(F)cc4C(=O)N(C)C(C)C)c4cncc(C)c34)CC2)CC1. The number of aromatic nitrogens is 2. The number of carbonyl (C=O) groups excluding carboxylic acids is 2. The normalized spacial score (nSPS) is 18.9. The summed E-state index contributed by atoms with van der Waals surface area (Å²) in [6.07, 6.45) is 12.6. The first-order valence-electron chi connectivity index (χ1n) is 15.6. The monoisotopic (exact) mass is 575 g/mol. The lowest BCUT2D eigenvalue weighted by Gasteiger charge is -2.34. The van der Waals surface area contributed by atoms with Crippen LogP contribution in [0, 0.1) is 24.6 Å². The zero-order valence-corrected chi connectivity index (χ0v) is 25.9. The Morgan fingerprint density at radius 1 is 1.05 bits per heavy atom. The van der Waals surface area contributed by atoms with Gasteiger partial charge in [0.15, 0.2) is 0 Å². The average Bonchev–Trinajstić information content (AvgIpc) is 3.19. The van der Waals surface area contributed by atoms with E-state index in [2.05, 4.69) is 23.0 Å². The largest absolute Gasteiger partial charge is 0.343 e. The van der Waals surface area contributed by atoms with Crippen LogP contribution < -0.4 is 0 Å². The minimum absolute atomic E-state index is 0.00218. The van der Waals surface area contributed by atoms with E-state index in [4.69, 9.17) is 0 Å². The van der Waals surface area contributed by atoms with E-state index < -0.39 is 5.82 Å². The van der Waals surface area contributed by atoms with E-state index in [-0.39, 0.29) is 17.9 Å². The molecule has 2 aliphatic heterocycles. The first-order valence-corrected chi connectivity index (χ1v) is 15.6. The molecule has 0 saturated carbocycles. The molecule has 0 N–H and O–H groups in total. The summed E-state index contributed by atoms with van der Waals surface area (Å²) in [5.74, 6) is 0.829. The third kappa shape index (κ3) is 6.54. The van der Waals surface area contributed by atoms with Crippen molar-refractivity contribution in [2.45, 2.75) is 72.3 Å². The number of benzene rings is 1. The summed E-state index contributed by atoms with van der Waals surface area (Å²) in [7, 11) is 1.76. The zero-order chi connectivity index (χ0) is 30.0. The maximum atomic E-state index is 14.4. The van der Waals surface area contributed by atoms with E-state index in [1.807, 2.05) is 35.7 Å². The van der Waals surface area contributed by atoms with Gasteiger partial charge in [-0.05, 0) is 114 Å². The Labute approximate surface area is 249 Å². The second kappa shape index (κ2) is 12.9. The van der Waals surface area contributed by atoms with Crippen LogP contribution in [0.25, 0.3) is 16.6 Å². The van der Waals surface area contributed by atoms with Crippen LogP contribution in [-0.4, -0.2) is 81.9 Å². The van der Waals surface area contributed by atoms with Crippen LogP contribution in [0.15, 0.2) is 36.8 Å². The quantitative estimate of drug-likeness (QED) is 0.354. The summed E-state index contributed by atoms with van der Waals surface area (Å²) in [6, 6.07) is 4.50. The van der Waals surface area contributed by atoms with Crippen molar-refractivity contribution in [3.05, 3.63) is 59.3 Å². The minimum atomic E-state index is -0.419. The molecule has 1 atom stereocenters. The van der Waals surface area contributed by atoms with Gasteiger partial charge in [0.25, 0.3) is 5.91 Å². The Kier molecular flexibility index (Phi) is 9.31. The molecule has 2 aromatic heterocycles. The fraction of sp³-hybridized carbons (Fsp3) is 0.559. The summed E-state index contributed by atoms with van der Waals surface area (Å²) in [5, 5.41) is 1.18. The summed E-state index contributed by atoms with van der Waals surface area (Å²) in [4.78, 5) is 35.9. The predicted molar refractivity (Wildman–Crippen MR) is 165 cm³/mol. The van der Waals surface area contributed by atoms with Crippen LogP contribution in [0.4, 0.5) is 4.39 Å². The number of likely N-dealkylation sites (tertiary alicyclic amines) is 2. The standard InChI is InChI=1S/C34H46FN5O2/c1-23(2)37(5)34(42)30-18-29(35)8-9-31(30)40-22-28(33-24(3)19-36-20-32(33)40)17-26-7-6-13-38(14-10-26)21-27-11-15-39(16-12-27)25(4)41/h8-9,18-20,22-23,26-27H,6-7,10-17,21H2,1-5H3. The van der Waals surface area contributed by atoms with E-state index in [0.29, 0.717) is 23.1 Å². The van der Waals surface area contributed by atoms with Crippen molar-refractivity contribution in [1.82, 2.24) is 24.3 Å². The van der Waals surface area contributed by atoms with Crippen molar-refractivity contribution >= 4 is 22.7 Å². The van der Waals surface area contributed by atoms with Crippen LogP contribution >= 0.6 is 0 Å². The van der Waals surface area contributed by atoms with Crippen molar-refractivity contribution in [2.24, 2.45) is 11.8 Å². The fourth-order valence-corrected chi connectivity index (χ4v) is 6.83. The number of fused-ring (bicyclic) bond motifs is 1. The summed E-state index contributed by atoms with van der Waals surface area (Å²) < 4.78 is 16.5. The van der Waals surface area contributed by atoms with E-state index in [9.17, 15) is 14.0 Å². The number of hydrogen-bond donors (Lipinski definition) is 0. The molecule has 7 nitrogen and oxygen atoms in total. The molecule has 3 aromatic rings. The second-order valence-corrected chi connectivity index (χ2v) is 12.8. The highest BCUT2D eigenvalue weighted by Crippen LogP contribution is 2.33. The van der Waals surface area contributed by atoms with Crippen molar-refractivity contribution in [3.63, 3.8) is 0 Å². The lowest BCUT2D eigenvalue weighted by Crippen LogP contribution is -2.41. The number of aryl methyl sites for hydroxylation is 1. The van der Waals surface area contributed by atoms with Gasteiger partial charge in [0.1, 0.15) is 5.82 Å². The molecule has 2 saturated heterocycles. The predicted octanol–water partition coefficient (Wildman–Crippen LogP) is 5.86. The molecule has 226 valence electrons. The molecule has 2 aliphatic rings. The Morgan fingerprint density at radius 3 is 2.50 bits per heavy atom. The lowest BCUT2D eigenvalue weighted by molar-refractivity contribution is -0.130. The highest BCUT2D eigenvalue weighted by atomic mass is 19.1. The highest BCUT2D eigenvalue weighted by Gasteiger charge is 2.26. The van der Waals surface area contributed by atoms with Gasteiger partial charge in [-0.2, -0.15) is 0 Å². The van der Waals surface area contributed by atoms with E-state index in [1.54, 1.807) is 24.9 Å². The third-order valence-electron chi connectivity index (χ3n) is 9.55. The molecule has 2 amide bonds. The van der Waals surface area contributed by atoms with E-state index in [1.165, 1.54) is 35.9 Å². The van der Waals surface area contributed by atoms with Crippen LogP contribution in [0.2, 0.25) is 0 Å². The van der Waals surface area contributed by atoms with Gasteiger partial charge in [0.2, 0.25) is 5.91 Å². The van der Waals surface area contributed by atoms with Crippen LogP contribution in [-0.2, 0) is 11.2 Å². The van der Waals surface area contributed by atoms with E-state index in [0.717, 1.165) is 69.5 Å². The number of rotatable bonds is 7. The Hall–Kier alpha value is -3.26.